The molecule has 0 aliphatic carbocycles. The summed E-state index contributed by atoms with van der Waals surface area (Å²) in [6.07, 6.45) is 0.797. The minimum Gasteiger partial charge on any atom is -0.357 e. The number of aromatic nitrogens is 4. The molecule has 1 amide bonds. The maximum Gasteiger partial charge on any atom is 0.260 e. The van der Waals surface area contributed by atoms with E-state index >= 15 is 0 Å². The average molecular weight is 457 g/mol. The molecule has 4 aromatic heterocycles. The molecule has 0 spiro atoms. The Bertz CT molecular complexity index is 1510. The number of nitrogens with zero attached hydrogens (tertiary/aromatic N) is 6. The number of rotatable bonds is 2. The molecule has 1 aliphatic rings. The number of carbonyl (C=O) groups excluding carboxylic acids is 1. The second-order valence-electron chi connectivity index (χ2n) is 8.07. The lowest BCUT2D eigenvalue weighted by molar-refractivity contribution is 0.0988. The summed E-state index contributed by atoms with van der Waals surface area (Å²) >= 11 is 1.56. The molecule has 0 N–H and O–H groups in total. The van der Waals surface area contributed by atoms with Crippen LogP contribution in [0.3, 0.4) is 0 Å². The summed E-state index contributed by atoms with van der Waals surface area (Å²) < 4.78 is 5.47. The van der Waals surface area contributed by atoms with E-state index in [-0.39, 0.29) is 5.91 Å². The SMILES string of the molecule is Cc1noc2nc(-c3cccs3)cc(C(=O)N3CCCN(C)c4nc5ccccc5nc43)c12. The van der Waals surface area contributed by atoms with E-state index in [0.717, 1.165) is 28.9 Å². The molecule has 1 aliphatic heterocycles. The first-order valence-electron chi connectivity index (χ1n) is 10.7. The highest BCUT2D eigenvalue weighted by Gasteiger charge is 2.30. The predicted molar refractivity (Wildman–Crippen MR) is 129 cm³/mol. The van der Waals surface area contributed by atoms with Gasteiger partial charge in [0.05, 0.1) is 38.2 Å². The van der Waals surface area contributed by atoms with Crippen LogP contribution in [0.1, 0.15) is 22.5 Å². The Morgan fingerprint density at radius 3 is 2.58 bits per heavy atom. The smallest absolute Gasteiger partial charge is 0.260 e. The summed E-state index contributed by atoms with van der Waals surface area (Å²) in [6, 6.07) is 13.5. The molecular formula is C24H20N6O2S. The van der Waals surface area contributed by atoms with Gasteiger partial charge in [0.2, 0.25) is 0 Å². The first-order valence-corrected chi connectivity index (χ1v) is 11.6. The molecule has 0 fully saturated rings. The Morgan fingerprint density at radius 1 is 1.03 bits per heavy atom. The summed E-state index contributed by atoms with van der Waals surface area (Å²) in [4.78, 5) is 33.2. The van der Waals surface area contributed by atoms with E-state index in [4.69, 9.17) is 14.5 Å². The highest BCUT2D eigenvalue weighted by molar-refractivity contribution is 7.13. The number of aryl methyl sites for hydroxylation is 1. The van der Waals surface area contributed by atoms with Crippen LogP contribution in [0.25, 0.3) is 32.7 Å². The molecule has 9 heteroatoms. The molecule has 0 radical (unpaired) electrons. The van der Waals surface area contributed by atoms with Crippen LogP contribution in [0, 0.1) is 6.92 Å². The molecule has 33 heavy (non-hydrogen) atoms. The van der Waals surface area contributed by atoms with Crippen LogP contribution in [0.15, 0.2) is 52.4 Å². The van der Waals surface area contributed by atoms with Crippen LogP contribution in [0.4, 0.5) is 11.6 Å². The average Bonchev–Trinajstić information content (AvgIpc) is 3.47. The minimum atomic E-state index is -0.160. The Balaban J connectivity index is 1.55. The van der Waals surface area contributed by atoms with Crippen molar-refractivity contribution in [1.29, 1.82) is 0 Å². The maximum absolute atomic E-state index is 14.1. The molecule has 164 valence electrons. The molecule has 0 saturated carbocycles. The fourth-order valence-corrected chi connectivity index (χ4v) is 4.94. The number of anilines is 2. The van der Waals surface area contributed by atoms with Gasteiger partial charge in [0.1, 0.15) is 0 Å². The monoisotopic (exact) mass is 456 g/mol. The second-order valence-corrected chi connectivity index (χ2v) is 9.02. The Labute approximate surface area is 193 Å². The van der Waals surface area contributed by atoms with E-state index in [9.17, 15) is 4.79 Å². The number of fused-ring (bicyclic) bond motifs is 3. The third-order valence-electron chi connectivity index (χ3n) is 5.89. The van der Waals surface area contributed by atoms with Crippen LogP contribution < -0.4 is 9.80 Å². The summed E-state index contributed by atoms with van der Waals surface area (Å²) in [5.74, 6) is 1.11. The highest BCUT2D eigenvalue weighted by Crippen LogP contribution is 2.34. The zero-order valence-electron chi connectivity index (χ0n) is 18.1. The van der Waals surface area contributed by atoms with Crippen molar-refractivity contribution in [3.8, 4) is 10.6 Å². The molecule has 1 aromatic carbocycles. The number of amides is 1. The summed E-state index contributed by atoms with van der Waals surface area (Å²) in [5, 5.41) is 6.70. The first kappa shape index (κ1) is 19.8. The van der Waals surface area contributed by atoms with Gasteiger partial charge in [0.15, 0.2) is 11.6 Å². The third kappa shape index (κ3) is 3.23. The Hall–Kier alpha value is -3.85. The zero-order chi connectivity index (χ0) is 22.5. The lowest BCUT2D eigenvalue weighted by Gasteiger charge is -2.23. The van der Waals surface area contributed by atoms with Crippen LogP contribution >= 0.6 is 11.3 Å². The maximum atomic E-state index is 14.1. The highest BCUT2D eigenvalue weighted by atomic mass is 32.1. The van der Waals surface area contributed by atoms with Gasteiger partial charge in [-0.3, -0.25) is 9.69 Å². The van der Waals surface area contributed by atoms with Crippen molar-refractivity contribution in [1.82, 2.24) is 20.1 Å². The van der Waals surface area contributed by atoms with Gasteiger partial charge < -0.3 is 9.42 Å². The van der Waals surface area contributed by atoms with E-state index in [1.54, 1.807) is 16.2 Å². The number of thiophene rings is 1. The van der Waals surface area contributed by atoms with Crippen molar-refractivity contribution in [2.45, 2.75) is 13.3 Å². The van der Waals surface area contributed by atoms with Crippen molar-refractivity contribution < 1.29 is 9.32 Å². The molecule has 0 unspecified atom stereocenters. The van der Waals surface area contributed by atoms with Gasteiger partial charge in [0.25, 0.3) is 11.6 Å². The molecule has 8 nitrogen and oxygen atoms in total. The van der Waals surface area contributed by atoms with Crippen LogP contribution in [0.5, 0.6) is 0 Å². The van der Waals surface area contributed by atoms with Gasteiger partial charge in [-0.25, -0.2) is 15.0 Å². The normalized spacial score (nSPS) is 14.0. The van der Waals surface area contributed by atoms with Crippen LogP contribution in [-0.2, 0) is 0 Å². The summed E-state index contributed by atoms with van der Waals surface area (Å²) in [5.41, 5.74) is 3.75. The van der Waals surface area contributed by atoms with Crippen molar-refractivity contribution in [3.63, 3.8) is 0 Å². The van der Waals surface area contributed by atoms with E-state index in [2.05, 4.69) is 15.0 Å². The molecule has 5 heterocycles. The van der Waals surface area contributed by atoms with E-state index in [1.807, 2.05) is 61.8 Å². The summed E-state index contributed by atoms with van der Waals surface area (Å²) in [7, 11) is 1.99. The molecule has 0 saturated heterocycles. The van der Waals surface area contributed by atoms with Gasteiger partial charge in [-0.2, -0.15) is 0 Å². The number of carbonyl (C=O) groups is 1. The van der Waals surface area contributed by atoms with Gasteiger partial charge in [-0.15, -0.1) is 11.3 Å². The van der Waals surface area contributed by atoms with Crippen molar-refractivity contribution in [2.24, 2.45) is 0 Å². The molecule has 5 aromatic rings. The van der Waals surface area contributed by atoms with Gasteiger partial charge in [-0.1, -0.05) is 23.4 Å². The second kappa shape index (κ2) is 7.63. The number of hydrogen-bond donors (Lipinski definition) is 0. The molecular weight excluding hydrogens is 436 g/mol. The number of hydrogen-bond acceptors (Lipinski definition) is 8. The Kier molecular flexibility index (Phi) is 4.58. The van der Waals surface area contributed by atoms with Gasteiger partial charge >= 0.3 is 0 Å². The van der Waals surface area contributed by atoms with E-state index < -0.39 is 0 Å². The van der Waals surface area contributed by atoms with Crippen LogP contribution in [-0.4, -0.2) is 46.2 Å². The lowest BCUT2D eigenvalue weighted by atomic mass is 10.1. The minimum absolute atomic E-state index is 0.160. The van der Waals surface area contributed by atoms with Crippen molar-refractivity contribution in [3.05, 3.63) is 59.1 Å². The molecule has 0 atom stereocenters. The number of pyridine rings is 1. The quantitative estimate of drug-likeness (QED) is 0.381. The molecule has 0 bridgehead atoms. The Morgan fingerprint density at radius 2 is 1.82 bits per heavy atom. The van der Waals surface area contributed by atoms with E-state index in [0.29, 0.717) is 46.2 Å². The lowest BCUT2D eigenvalue weighted by Crippen LogP contribution is -2.32. The van der Waals surface area contributed by atoms with Gasteiger partial charge in [0, 0.05) is 20.1 Å². The standard InChI is InChI=1S/C24H20N6O2S/c1-14-20-15(13-18(19-9-5-12-33-19)27-23(20)32-28-14)24(31)30-11-6-10-29(2)21-22(30)26-17-8-4-3-7-16(17)25-21/h3-5,7-9,12-13H,6,10-11H2,1-2H3. The first-order chi connectivity index (χ1) is 16.1. The molecule has 6 rings (SSSR count). The fraction of sp³-hybridized carbons (Fsp3) is 0.208. The van der Waals surface area contributed by atoms with Crippen molar-refractivity contribution in [2.75, 3.05) is 29.9 Å². The van der Waals surface area contributed by atoms with Gasteiger partial charge in [-0.05, 0) is 43.0 Å². The van der Waals surface area contributed by atoms with Crippen LogP contribution in [0.2, 0.25) is 0 Å². The zero-order valence-corrected chi connectivity index (χ0v) is 19.0. The summed E-state index contributed by atoms with van der Waals surface area (Å²) in [6.45, 7) is 3.14. The topological polar surface area (TPSA) is 88.3 Å². The predicted octanol–water partition coefficient (Wildman–Crippen LogP) is 4.69. The van der Waals surface area contributed by atoms with Crippen molar-refractivity contribution >= 4 is 51.0 Å². The number of para-hydroxylation sites is 2. The number of benzene rings is 1. The largest absolute Gasteiger partial charge is 0.357 e. The fourth-order valence-electron chi connectivity index (χ4n) is 4.25. The van der Waals surface area contributed by atoms with E-state index in [1.165, 1.54) is 0 Å². The third-order valence-corrected chi connectivity index (χ3v) is 6.79.